The number of halogens is 4. The van der Waals surface area contributed by atoms with Crippen LogP contribution in [0.25, 0.3) is 0 Å². The predicted molar refractivity (Wildman–Crippen MR) is 72.0 cm³/mol. The van der Waals surface area contributed by atoms with Crippen molar-refractivity contribution in [2.45, 2.75) is 44.8 Å². The molecule has 1 aromatic carbocycles. The molecule has 4 nitrogen and oxygen atoms in total. The molecule has 2 unspecified atom stereocenters. The van der Waals surface area contributed by atoms with Crippen molar-refractivity contribution in [3.05, 3.63) is 29.8 Å². The second-order valence-corrected chi connectivity index (χ2v) is 4.66. The number of benzene rings is 1. The minimum absolute atomic E-state index is 0.0106. The first kappa shape index (κ1) is 18.7. The van der Waals surface area contributed by atoms with Crippen LogP contribution in [0.2, 0.25) is 0 Å². The molecule has 0 saturated carbocycles. The fraction of sp³-hybridized carbons (Fsp3) is 0.467. The highest BCUT2D eigenvalue weighted by molar-refractivity contribution is 5.71. The van der Waals surface area contributed by atoms with Crippen LogP contribution in [0.15, 0.2) is 24.3 Å². The number of esters is 1. The minimum Gasteiger partial charge on any atom is -0.431 e. The molecular weight excluding hydrogens is 318 g/mol. The molecule has 1 aromatic rings. The third-order valence-corrected chi connectivity index (χ3v) is 2.82. The first-order chi connectivity index (χ1) is 10.8. The Hall–Kier alpha value is -2.30. The molecule has 0 N–H and O–H groups in total. The number of hydrogen-bond donors (Lipinski definition) is 0. The number of para-hydroxylation sites is 1. The molecule has 0 fully saturated rings. The molecule has 0 radical (unpaired) electrons. The molecule has 1 rings (SSSR count). The van der Waals surface area contributed by atoms with Crippen LogP contribution in [0.1, 0.15) is 37.7 Å². The Balaban J connectivity index is 2.86. The van der Waals surface area contributed by atoms with E-state index in [2.05, 4.69) is 9.47 Å². The first-order valence-corrected chi connectivity index (χ1v) is 6.84. The summed E-state index contributed by atoms with van der Waals surface area (Å²) in [6.45, 7) is 1.70. The molecule has 0 aliphatic carbocycles. The van der Waals surface area contributed by atoms with E-state index in [1.807, 2.05) is 0 Å². The molecule has 0 aliphatic heterocycles. The van der Waals surface area contributed by atoms with Crippen molar-refractivity contribution in [1.82, 2.24) is 0 Å². The van der Waals surface area contributed by atoms with Crippen molar-refractivity contribution in [3.63, 3.8) is 0 Å². The van der Waals surface area contributed by atoms with E-state index in [0.29, 0.717) is 6.42 Å². The van der Waals surface area contributed by atoms with Gasteiger partial charge in [-0.25, -0.2) is 4.39 Å². The summed E-state index contributed by atoms with van der Waals surface area (Å²) in [5, 5.41) is 9.10. The van der Waals surface area contributed by atoms with Crippen molar-refractivity contribution in [3.8, 4) is 11.8 Å². The number of carbonyl (C=O) groups excluding carboxylic acids is 1. The quantitative estimate of drug-likeness (QED) is 0.554. The summed E-state index contributed by atoms with van der Waals surface area (Å²) in [4.78, 5) is 11.6. The summed E-state index contributed by atoms with van der Waals surface area (Å²) in [7, 11) is 0. The second kappa shape index (κ2) is 8.36. The lowest BCUT2D eigenvalue weighted by Crippen LogP contribution is -2.20. The topological polar surface area (TPSA) is 59.3 Å². The first-order valence-electron chi connectivity index (χ1n) is 6.84. The van der Waals surface area contributed by atoms with Crippen LogP contribution >= 0.6 is 0 Å². The molecular formula is C15H15F4NO3. The number of rotatable bonds is 7. The van der Waals surface area contributed by atoms with Crippen molar-refractivity contribution in [1.29, 1.82) is 5.26 Å². The molecule has 0 amide bonds. The van der Waals surface area contributed by atoms with Crippen LogP contribution in [-0.4, -0.2) is 18.7 Å². The Labute approximate surface area is 130 Å². The van der Waals surface area contributed by atoms with Crippen LogP contribution in [0.4, 0.5) is 17.6 Å². The van der Waals surface area contributed by atoms with Gasteiger partial charge < -0.3 is 9.47 Å². The molecule has 126 valence electrons. The Morgan fingerprint density at radius 3 is 2.57 bits per heavy atom. The highest BCUT2D eigenvalue weighted by Crippen LogP contribution is 2.32. The van der Waals surface area contributed by atoms with Gasteiger partial charge in [-0.15, -0.1) is 13.2 Å². The summed E-state index contributed by atoms with van der Waals surface area (Å²) in [6.07, 6.45) is -6.83. The highest BCUT2D eigenvalue weighted by Gasteiger charge is 2.33. The highest BCUT2D eigenvalue weighted by atomic mass is 19.4. The summed E-state index contributed by atoms with van der Waals surface area (Å²) in [6, 6.07) is 6.69. The van der Waals surface area contributed by atoms with Crippen LogP contribution in [0, 0.1) is 11.3 Å². The van der Waals surface area contributed by atoms with E-state index in [1.165, 1.54) is 18.2 Å². The summed E-state index contributed by atoms with van der Waals surface area (Å²) < 4.78 is 58.6. The van der Waals surface area contributed by atoms with E-state index in [1.54, 1.807) is 13.0 Å². The smallest absolute Gasteiger partial charge is 0.431 e. The van der Waals surface area contributed by atoms with Gasteiger partial charge in [0.1, 0.15) is 5.75 Å². The SMILES string of the molecule is CCCC(F)OC(=O)CC(C#N)c1ccccc1OC(F)(F)F. The third-order valence-electron chi connectivity index (χ3n) is 2.82. The van der Waals surface area contributed by atoms with Gasteiger partial charge in [-0.05, 0) is 12.5 Å². The third kappa shape index (κ3) is 6.55. The largest absolute Gasteiger partial charge is 0.573 e. The summed E-state index contributed by atoms with van der Waals surface area (Å²) in [5.41, 5.74) is -0.116. The Morgan fingerprint density at radius 1 is 1.35 bits per heavy atom. The molecule has 0 aliphatic rings. The molecule has 0 aromatic heterocycles. The molecule has 0 spiro atoms. The number of nitrogens with zero attached hydrogens (tertiary/aromatic N) is 1. The maximum atomic E-state index is 13.2. The zero-order valence-electron chi connectivity index (χ0n) is 12.3. The normalized spacial score (nSPS) is 13.7. The number of ether oxygens (including phenoxy) is 2. The van der Waals surface area contributed by atoms with E-state index in [9.17, 15) is 22.4 Å². The van der Waals surface area contributed by atoms with Gasteiger partial charge in [0.2, 0.25) is 6.36 Å². The fourth-order valence-electron chi connectivity index (χ4n) is 1.85. The van der Waals surface area contributed by atoms with Gasteiger partial charge in [-0.2, -0.15) is 5.26 Å². The van der Waals surface area contributed by atoms with E-state index < -0.39 is 36.8 Å². The van der Waals surface area contributed by atoms with Gasteiger partial charge in [0.15, 0.2) is 0 Å². The minimum atomic E-state index is -4.93. The molecule has 2 atom stereocenters. The van der Waals surface area contributed by atoms with Crippen molar-refractivity contribution >= 4 is 5.97 Å². The lowest BCUT2D eigenvalue weighted by molar-refractivity contribution is -0.274. The average molecular weight is 333 g/mol. The second-order valence-electron chi connectivity index (χ2n) is 4.66. The number of alkyl halides is 4. The number of hydrogen-bond acceptors (Lipinski definition) is 4. The summed E-state index contributed by atoms with van der Waals surface area (Å²) >= 11 is 0. The van der Waals surface area contributed by atoms with Gasteiger partial charge in [0.05, 0.1) is 18.4 Å². The fourth-order valence-corrected chi connectivity index (χ4v) is 1.85. The maximum absolute atomic E-state index is 13.2. The lowest BCUT2D eigenvalue weighted by atomic mass is 9.96. The average Bonchev–Trinajstić information content (AvgIpc) is 2.44. The lowest BCUT2D eigenvalue weighted by Gasteiger charge is -2.16. The van der Waals surface area contributed by atoms with Crippen LogP contribution < -0.4 is 4.74 Å². The maximum Gasteiger partial charge on any atom is 0.573 e. The standard InChI is InChI=1S/C15H15F4NO3/c1-2-5-13(16)22-14(21)8-10(9-20)11-6-3-4-7-12(11)23-15(17,18)19/h3-4,6-7,10,13H,2,5,8H2,1H3. The van der Waals surface area contributed by atoms with E-state index in [-0.39, 0.29) is 12.0 Å². The zero-order chi connectivity index (χ0) is 17.5. The Kier molecular flexibility index (Phi) is 6.82. The van der Waals surface area contributed by atoms with Crippen molar-refractivity contribution in [2.75, 3.05) is 0 Å². The van der Waals surface area contributed by atoms with E-state index in [0.717, 1.165) is 6.07 Å². The molecule has 8 heteroatoms. The van der Waals surface area contributed by atoms with Gasteiger partial charge >= 0.3 is 12.3 Å². The zero-order valence-corrected chi connectivity index (χ0v) is 12.3. The summed E-state index contributed by atoms with van der Waals surface area (Å²) in [5.74, 6) is -2.82. The molecule has 0 saturated heterocycles. The van der Waals surface area contributed by atoms with Crippen LogP contribution in [0.5, 0.6) is 5.75 Å². The number of carbonyl (C=O) groups is 1. The van der Waals surface area contributed by atoms with Crippen LogP contribution in [-0.2, 0) is 9.53 Å². The Bertz CT molecular complexity index is 569. The van der Waals surface area contributed by atoms with Gasteiger partial charge in [-0.1, -0.05) is 25.1 Å². The van der Waals surface area contributed by atoms with E-state index >= 15 is 0 Å². The molecule has 0 heterocycles. The Morgan fingerprint density at radius 2 is 2.00 bits per heavy atom. The number of nitriles is 1. The van der Waals surface area contributed by atoms with Crippen molar-refractivity contribution < 1.29 is 31.8 Å². The van der Waals surface area contributed by atoms with Crippen LogP contribution in [0.3, 0.4) is 0 Å². The molecule has 23 heavy (non-hydrogen) atoms. The predicted octanol–water partition coefficient (Wildman–Crippen LogP) is 4.22. The van der Waals surface area contributed by atoms with E-state index in [4.69, 9.17) is 5.26 Å². The van der Waals surface area contributed by atoms with Gasteiger partial charge in [0.25, 0.3) is 0 Å². The monoisotopic (exact) mass is 333 g/mol. The van der Waals surface area contributed by atoms with Gasteiger partial charge in [0, 0.05) is 12.0 Å². The van der Waals surface area contributed by atoms with Gasteiger partial charge in [-0.3, -0.25) is 4.79 Å². The molecule has 0 bridgehead atoms. The van der Waals surface area contributed by atoms with Crippen molar-refractivity contribution in [2.24, 2.45) is 0 Å².